The minimum atomic E-state index is -1.19. The highest BCUT2D eigenvalue weighted by atomic mass is 35.5. The third kappa shape index (κ3) is 4.51. The average molecular weight is 472 g/mol. The summed E-state index contributed by atoms with van der Waals surface area (Å²) in [6, 6.07) is 1.71. The number of fused-ring (bicyclic) bond motifs is 1. The molecule has 1 aliphatic heterocycles. The molecule has 0 radical (unpaired) electrons. The Hall–Kier alpha value is -2.45. The minimum absolute atomic E-state index is 0.0990. The Morgan fingerprint density at radius 3 is 2.76 bits per heavy atom. The monoisotopic (exact) mass is 471 g/mol. The van der Waals surface area contributed by atoms with Gasteiger partial charge in [-0.1, -0.05) is 31.9 Å². The summed E-state index contributed by atoms with van der Waals surface area (Å²) < 4.78 is 2.19. The van der Waals surface area contributed by atoms with Gasteiger partial charge < -0.3 is 20.3 Å². The average Bonchev–Trinajstić information content (AvgIpc) is 3.30. The second-order valence-corrected chi connectivity index (χ2v) is 11.0. The Bertz CT molecular complexity index is 1110. The SMILES string of the molecule is CC1(C)Cc2ncc(-c3cc(NC(=O)C4CCCC(NC(=O)C5(O)CC5)C4)ncc3Cl)n2C1. The van der Waals surface area contributed by atoms with Crippen molar-refractivity contribution in [2.75, 3.05) is 5.32 Å². The maximum absolute atomic E-state index is 13.0. The van der Waals surface area contributed by atoms with Crippen molar-refractivity contribution in [2.24, 2.45) is 11.3 Å². The Kier molecular flexibility index (Phi) is 5.48. The van der Waals surface area contributed by atoms with Crippen molar-refractivity contribution in [3.8, 4) is 11.3 Å². The topological polar surface area (TPSA) is 109 Å². The van der Waals surface area contributed by atoms with E-state index in [1.165, 1.54) is 0 Å². The number of aliphatic hydroxyl groups is 1. The molecule has 9 heteroatoms. The van der Waals surface area contributed by atoms with Crippen LogP contribution in [0.2, 0.25) is 5.02 Å². The van der Waals surface area contributed by atoms with Crippen LogP contribution < -0.4 is 10.6 Å². The fourth-order valence-electron chi connectivity index (χ4n) is 5.01. The lowest BCUT2D eigenvalue weighted by atomic mass is 9.85. The molecule has 2 fully saturated rings. The number of hydrogen-bond acceptors (Lipinski definition) is 5. The first kappa shape index (κ1) is 22.3. The first-order valence-electron chi connectivity index (χ1n) is 11.7. The number of nitrogens with zero attached hydrogens (tertiary/aromatic N) is 3. The molecule has 0 saturated heterocycles. The molecule has 0 aromatic carbocycles. The second-order valence-electron chi connectivity index (χ2n) is 10.6. The summed E-state index contributed by atoms with van der Waals surface area (Å²) in [5.41, 5.74) is 0.681. The lowest BCUT2D eigenvalue weighted by molar-refractivity contribution is -0.133. The van der Waals surface area contributed by atoms with E-state index in [0.29, 0.717) is 30.1 Å². The maximum Gasteiger partial charge on any atom is 0.252 e. The number of amides is 2. The van der Waals surface area contributed by atoms with Crippen LogP contribution in [0.25, 0.3) is 11.3 Å². The number of nitrogens with one attached hydrogen (secondary N) is 2. The van der Waals surface area contributed by atoms with Gasteiger partial charge in [-0.3, -0.25) is 9.59 Å². The molecule has 0 spiro atoms. The number of carbonyl (C=O) groups is 2. The summed E-state index contributed by atoms with van der Waals surface area (Å²) in [6.45, 7) is 5.30. The highest BCUT2D eigenvalue weighted by Crippen LogP contribution is 2.38. The van der Waals surface area contributed by atoms with E-state index in [4.69, 9.17) is 11.6 Å². The molecule has 2 amide bonds. The molecule has 33 heavy (non-hydrogen) atoms. The van der Waals surface area contributed by atoms with Crippen LogP contribution in [-0.2, 0) is 22.6 Å². The number of halogens is 1. The quantitative estimate of drug-likeness (QED) is 0.619. The van der Waals surface area contributed by atoms with Gasteiger partial charge in [0.25, 0.3) is 5.91 Å². The molecular weight excluding hydrogens is 442 g/mol. The molecular formula is C24H30ClN5O3. The molecule has 3 N–H and O–H groups in total. The lowest BCUT2D eigenvalue weighted by Crippen LogP contribution is -2.45. The first-order valence-corrected chi connectivity index (χ1v) is 12.1. The van der Waals surface area contributed by atoms with Gasteiger partial charge in [0.2, 0.25) is 5.91 Å². The Morgan fingerprint density at radius 1 is 1.21 bits per heavy atom. The third-order valence-corrected chi connectivity index (χ3v) is 7.37. The van der Waals surface area contributed by atoms with E-state index in [9.17, 15) is 14.7 Å². The fraction of sp³-hybridized carbons (Fsp3) is 0.583. The third-order valence-electron chi connectivity index (χ3n) is 7.07. The van der Waals surface area contributed by atoms with Gasteiger partial charge >= 0.3 is 0 Å². The lowest BCUT2D eigenvalue weighted by Gasteiger charge is -2.29. The van der Waals surface area contributed by atoms with Gasteiger partial charge in [0.15, 0.2) is 0 Å². The van der Waals surface area contributed by atoms with Crippen LogP contribution in [0.1, 0.15) is 58.2 Å². The molecule has 8 nitrogen and oxygen atoms in total. The largest absolute Gasteiger partial charge is 0.380 e. The van der Waals surface area contributed by atoms with Crippen LogP contribution in [0.5, 0.6) is 0 Å². The minimum Gasteiger partial charge on any atom is -0.380 e. The summed E-state index contributed by atoms with van der Waals surface area (Å²) in [5, 5.41) is 16.4. The number of carbonyl (C=O) groups excluding carboxylic acids is 2. The van der Waals surface area contributed by atoms with Crippen LogP contribution in [0, 0.1) is 11.3 Å². The van der Waals surface area contributed by atoms with Gasteiger partial charge in [-0.25, -0.2) is 9.97 Å². The maximum atomic E-state index is 13.0. The molecule has 3 heterocycles. The molecule has 0 bridgehead atoms. The van der Waals surface area contributed by atoms with E-state index < -0.39 is 5.60 Å². The molecule has 176 valence electrons. The first-order chi connectivity index (χ1) is 15.6. The zero-order chi connectivity index (χ0) is 23.4. The van der Waals surface area contributed by atoms with Gasteiger partial charge in [0.1, 0.15) is 17.2 Å². The highest BCUT2D eigenvalue weighted by Gasteiger charge is 2.48. The Morgan fingerprint density at radius 2 is 2.00 bits per heavy atom. The van der Waals surface area contributed by atoms with E-state index in [0.717, 1.165) is 49.3 Å². The smallest absolute Gasteiger partial charge is 0.252 e. The Labute approximate surface area is 198 Å². The molecule has 2 aromatic rings. The van der Waals surface area contributed by atoms with Crippen molar-refractivity contribution in [2.45, 2.75) is 77.0 Å². The van der Waals surface area contributed by atoms with Crippen molar-refractivity contribution in [1.29, 1.82) is 0 Å². The summed E-state index contributed by atoms with van der Waals surface area (Å²) in [6.07, 6.45) is 8.31. The molecule has 2 saturated carbocycles. The zero-order valence-corrected chi connectivity index (χ0v) is 19.8. The molecule has 5 rings (SSSR count). The van der Waals surface area contributed by atoms with Gasteiger partial charge in [-0.05, 0) is 43.6 Å². The molecule has 2 aliphatic carbocycles. The number of aromatic nitrogens is 3. The van der Waals surface area contributed by atoms with E-state index in [2.05, 4.69) is 39.0 Å². The van der Waals surface area contributed by atoms with Gasteiger partial charge in [-0.2, -0.15) is 0 Å². The molecule has 3 aliphatic rings. The number of imidazole rings is 1. The van der Waals surface area contributed by atoms with Gasteiger partial charge in [0.05, 0.1) is 16.9 Å². The van der Waals surface area contributed by atoms with Crippen LogP contribution in [0.4, 0.5) is 5.82 Å². The predicted octanol–water partition coefficient (Wildman–Crippen LogP) is 3.32. The highest BCUT2D eigenvalue weighted by molar-refractivity contribution is 6.33. The zero-order valence-electron chi connectivity index (χ0n) is 19.0. The number of pyridine rings is 1. The number of anilines is 1. The van der Waals surface area contributed by atoms with Crippen molar-refractivity contribution >= 4 is 29.2 Å². The van der Waals surface area contributed by atoms with E-state index in [-0.39, 0.29) is 29.2 Å². The van der Waals surface area contributed by atoms with Crippen LogP contribution >= 0.6 is 11.6 Å². The van der Waals surface area contributed by atoms with E-state index in [1.807, 2.05) is 6.20 Å². The van der Waals surface area contributed by atoms with Crippen LogP contribution in [-0.4, -0.2) is 43.1 Å². The Balaban J connectivity index is 1.27. The van der Waals surface area contributed by atoms with E-state index >= 15 is 0 Å². The molecule has 2 aromatic heterocycles. The normalized spacial score (nSPS) is 24.7. The molecule has 2 unspecified atom stereocenters. The van der Waals surface area contributed by atoms with Crippen LogP contribution in [0.15, 0.2) is 18.5 Å². The number of rotatable bonds is 5. The van der Waals surface area contributed by atoms with Crippen molar-refractivity contribution in [3.63, 3.8) is 0 Å². The predicted molar refractivity (Wildman–Crippen MR) is 125 cm³/mol. The summed E-state index contributed by atoms with van der Waals surface area (Å²) in [4.78, 5) is 34.1. The van der Waals surface area contributed by atoms with Crippen LogP contribution in [0.3, 0.4) is 0 Å². The summed E-state index contributed by atoms with van der Waals surface area (Å²) in [5.74, 6) is 0.845. The van der Waals surface area contributed by atoms with Crippen molar-refractivity contribution in [3.05, 3.63) is 29.3 Å². The fourth-order valence-corrected chi connectivity index (χ4v) is 5.21. The number of hydrogen-bond donors (Lipinski definition) is 3. The standard InChI is InChI=1S/C24H30ClN5O3/c1-23(2)10-20-27-12-18(30(20)13-23)16-9-19(26-11-17(16)25)29-21(31)14-4-3-5-15(8-14)28-22(32)24(33)6-7-24/h9,11-12,14-15,33H,3-8,10,13H2,1-2H3,(H,28,32)(H,26,29,31). The van der Waals surface area contributed by atoms with Crippen molar-refractivity contribution < 1.29 is 14.7 Å². The van der Waals surface area contributed by atoms with Gasteiger partial charge in [0, 0.05) is 36.7 Å². The second kappa shape index (κ2) is 8.09. The van der Waals surface area contributed by atoms with E-state index in [1.54, 1.807) is 12.3 Å². The molecule has 2 atom stereocenters. The summed E-state index contributed by atoms with van der Waals surface area (Å²) >= 11 is 6.48. The summed E-state index contributed by atoms with van der Waals surface area (Å²) in [7, 11) is 0. The van der Waals surface area contributed by atoms with Gasteiger partial charge in [-0.15, -0.1) is 0 Å². The van der Waals surface area contributed by atoms with Crippen molar-refractivity contribution in [1.82, 2.24) is 19.9 Å².